The lowest BCUT2D eigenvalue weighted by Crippen LogP contribution is -2.50. The third-order valence-electron chi connectivity index (χ3n) is 12.8. The van der Waals surface area contributed by atoms with Crippen LogP contribution in [0.25, 0.3) is 0 Å². The third kappa shape index (κ3) is 6.83. The molecule has 0 aromatic rings. The molecule has 242 valence electrons. The second kappa shape index (κ2) is 14.3. The second-order valence-corrected chi connectivity index (χ2v) is 16.1. The Morgan fingerprint density at radius 1 is 1.07 bits per heavy atom. The second-order valence-electron chi connectivity index (χ2n) is 15.2. The summed E-state index contributed by atoms with van der Waals surface area (Å²) in [4.78, 5) is 0. The SMILES string of the molecule is CCOC(C)OC(C)(COC1CCCCO1)C(F)CC[C@@H](CI)[C@H]1CC[C@H]2[C@@H]3CC=C4CCCC[C@]4(C)[C@H]3CC[C@]12C. The Morgan fingerprint density at radius 3 is 2.64 bits per heavy atom. The van der Waals surface area contributed by atoms with Crippen molar-refractivity contribution in [2.24, 2.45) is 40.4 Å². The highest BCUT2D eigenvalue weighted by atomic mass is 127. The normalized spacial score (nSPS) is 40.2. The fraction of sp³-hybridized carbons (Fsp3) is 0.944. The zero-order valence-electron chi connectivity index (χ0n) is 27.3. The first-order valence-electron chi connectivity index (χ1n) is 17.6. The summed E-state index contributed by atoms with van der Waals surface area (Å²) in [5, 5.41) is 0. The molecule has 1 aliphatic heterocycles. The van der Waals surface area contributed by atoms with Crippen LogP contribution in [0.5, 0.6) is 0 Å². The number of rotatable bonds is 13. The molecular formula is C36H60FIO4. The molecule has 0 spiro atoms. The van der Waals surface area contributed by atoms with E-state index in [1.807, 2.05) is 20.8 Å². The maximum Gasteiger partial charge on any atom is 0.157 e. The lowest BCUT2D eigenvalue weighted by Gasteiger charge is -2.58. The first-order valence-corrected chi connectivity index (χ1v) is 19.1. The Morgan fingerprint density at radius 2 is 1.90 bits per heavy atom. The first-order chi connectivity index (χ1) is 20.1. The fourth-order valence-electron chi connectivity index (χ4n) is 10.5. The Labute approximate surface area is 270 Å². The molecule has 6 heteroatoms. The zero-order valence-corrected chi connectivity index (χ0v) is 29.5. The van der Waals surface area contributed by atoms with E-state index in [0.717, 1.165) is 47.9 Å². The maximum atomic E-state index is 16.3. The van der Waals surface area contributed by atoms with E-state index in [9.17, 15) is 0 Å². The highest BCUT2D eigenvalue weighted by Gasteiger charge is 2.59. The van der Waals surface area contributed by atoms with E-state index in [1.165, 1.54) is 57.8 Å². The summed E-state index contributed by atoms with van der Waals surface area (Å²) in [5.41, 5.74) is 1.59. The van der Waals surface area contributed by atoms with Gasteiger partial charge in [-0.1, -0.05) is 54.5 Å². The number of allylic oxidation sites excluding steroid dienone is 2. The molecule has 11 atom stereocenters. The van der Waals surface area contributed by atoms with E-state index in [4.69, 9.17) is 18.9 Å². The number of ether oxygens (including phenoxy) is 4. The molecule has 0 aromatic heterocycles. The lowest BCUT2D eigenvalue weighted by atomic mass is 9.47. The molecule has 1 heterocycles. The van der Waals surface area contributed by atoms with Crippen molar-refractivity contribution in [1.29, 1.82) is 0 Å². The van der Waals surface area contributed by atoms with Crippen molar-refractivity contribution in [3.63, 3.8) is 0 Å². The molecule has 0 bridgehead atoms. The topological polar surface area (TPSA) is 36.9 Å². The molecule has 4 aliphatic carbocycles. The Hall–Kier alpha value is 0.240. The predicted octanol–water partition coefficient (Wildman–Crippen LogP) is 9.83. The molecule has 3 saturated carbocycles. The van der Waals surface area contributed by atoms with Crippen molar-refractivity contribution < 1.29 is 23.3 Å². The molecule has 0 amide bonds. The number of halogens is 2. The summed E-state index contributed by atoms with van der Waals surface area (Å²) in [6.45, 7) is 12.4. The minimum atomic E-state index is -1.12. The molecule has 0 radical (unpaired) electrons. The van der Waals surface area contributed by atoms with Crippen molar-refractivity contribution >= 4 is 22.6 Å². The minimum Gasteiger partial charge on any atom is -0.353 e. The quantitative estimate of drug-likeness (QED) is 0.0829. The van der Waals surface area contributed by atoms with Crippen molar-refractivity contribution in [2.75, 3.05) is 24.2 Å². The average molecular weight is 703 g/mol. The molecule has 5 aliphatic rings. The standard InChI is InChI=1S/C36H60FIO4/c1-6-39-25(2)42-36(5,24-41-33-12-8-10-22-40-33)32(37)18-13-26(23-38)29-16-17-30-28-15-14-27-11-7-9-20-34(27,3)31(28)19-21-35(29,30)4/h14,25-26,28-33H,6-13,15-24H2,1-5H3/t25?,26-,28-,29+,30-,31-,32?,33?,34-,35+,36?/m0/s1. The van der Waals surface area contributed by atoms with Gasteiger partial charge in [0.2, 0.25) is 0 Å². The van der Waals surface area contributed by atoms with E-state index in [1.54, 1.807) is 5.57 Å². The zero-order chi connectivity index (χ0) is 30.0. The van der Waals surface area contributed by atoms with Crippen molar-refractivity contribution in [3.8, 4) is 0 Å². The third-order valence-corrected chi connectivity index (χ3v) is 14.0. The van der Waals surface area contributed by atoms with Gasteiger partial charge in [-0.05, 0) is 145 Å². The molecule has 4 nitrogen and oxygen atoms in total. The van der Waals surface area contributed by atoms with E-state index >= 15 is 4.39 Å². The highest BCUT2D eigenvalue weighted by Crippen LogP contribution is 2.67. The fourth-order valence-corrected chi connectivity index (χ4v) is 11.6. The Balaban J connectivity index is 1.24. The van der Waals surface area contributed by atoms with Crippen LogP contribution in [-0.4, -0.2) is 48.6 Å². The predicted molar refractivity (Wildman–Crippen MR) is 176 cm³/mol. The highest BCUT2D eigenvalue weighted by molar-refractivity contribution is 14.1. The van der Waals surface area contributed by atoms with Crippen LogP contribution in [0.2, 0.25) is 0 Å². The molecular weight excluding hydrogens is 642 g/mol. The van der Waals surface area contributed by atoms with Gasteiger partial charge < -0.3 is 18.9 Å². The molecule has 0 N–H and O–H groups in total. The summed E-state index contributed by atoms with van der Waals surface area (Å²) in [6, 6.07) is 0. The van der Waals surface area contributed by atoms with Gasteiger partial charge in [0.25, 0.3) is 0 Å². The van der Waals surface area contributed by atoms with Gasteiger partial charge in [-0.25, -0.2) is 4.39 Å². The van der Waals surface area contributed by atoms with Crippen molar-refractivity contribution in [1.82, 2.24) is 0 Å². The van der Waals surface area contributed by atoms with Gasteiger partial charge in [0.15, 0.2) is 12.6 Å². The molecule has 42 heavy (non-hydrogen) atoms. The number of alkyl halides is 2. The van der Waals surface area contributed by atoms with Gasteiger partial charge in [0.05, 0.1) is 6.61 Å². The van der Waals surface area contributed by atoms with Crippen LogP contribution in [-0.2, 0) is 18.9 Å². The van der Waals surface area contributed by atoms with Gasteiger partial charge >= 0.3 is 0 Å². The molecule has 0 aromatic carbocycles. The van der Waals surface area contributed by atoms with Crippen LogP contribution < -0.4 is 0 Å². The molecule has 5 rings (SSSR count). The summed E-state index contributed by atoms with van der Waals surface area (Å²) >= 11 is 2.59. The van der Waals surface area contributed by atoms with E-state index in [2.05, 4.69) is 42.5 Å². The number of hydrogen-bond donors (Lipinski definition) is 0. The van der Waals surface area contributed by atoms with E-state index in [-0.39, 0.29) is 12.9 Å². The van der Waals surface area contributed by atoms with E-state index < -0.39 is 18.1 Å². The summed E-state index contributed by atoms with van der Waals surface area (Å²) in [6.07, 6.45) is 17.6. The van der Waals surface area contributed by atoms with Crippen LogP contribution in [0.3, 0.4) is 0 Å². The van der Waals surface area contributed by atoms with Gasteiger partial charge in [-0.2, -0.15) is 0 Å². The molecule has 4 unspecified atom stereocenters. The maximum absolute atomic E-state index is 16.3. The largest absolute Gasteiger partial charge is 0.353 e. The van der Waals surface area contributed by atoms with E-state index in [0.29, 0.717) is 42.3 Å². The van der Waals surface area contributed by atoms with Crippen LogP contribution >= 0.6 is 22.6 Å². The summed E-state index contributed by atoms with van der Waals surface area (Å²) in [5.74, 6) is 3.79. The molecule has 4 fully saturated rings. The lowest BCUT2D eigenvalue weighted by molar-refractivity contribution is -0.256. The first kappa shape index (κ1) is 33.6. The van der Waals surface area contributed by atoms with Crippen molar-refractivity contribution in [3.05, 3.63) is 11.6 Å². The number of hydrogen-bond acceptors (Lipinski definition) is 4. The van der Waals surface area contributed by atoms with Crippen LogP contribution in [0.1, 0.15) is 125 Å². The van der Waals surface area contributed by atoms with Crippen LogP contribution in [0.15, 0.2) is 11.6 Å². The van der Waals surface area contributed by atoms with Crippen molar-refractivity contribution in [2.45, 2.75) is 149 Å². The summed E-state index contributed by atoms with van der Waals surface area (Å²) < 4.78 is 41.3. The molecule has 1 saturated heterocycles. The smallest absolute Gasteiger partial charge is 0.157 e. The minimum absolute atomic E-state index is 0.186. The Bertz CT molecular complexity index is 909. The Kier molecular flexibility index (Phi) is 11.5. The van der Waals surface area contributed by atoms with Gasteiger partial charge in [-0.15, -0.1) is 0 Å². The average Bonchev–Trinajstić information content (AvgIpc) is 3.34. The summed E-state index contributed by atoms with van der Waals surface area (Å²) in [7, 11) is 0. The van der Waals surface area contributed by atoms with Crippen LogP contribution in [0.4, 0.5) is 4.39 Å². The number of fused-ring (bicyclic) bond motifs is 5. The van der Waals surface area contributed by atoms with Crippen LogP contribution in [0, 0.1) is 40.4 Å². The van der Waals surface area contributed by atoms with Gasteiger partial charge in [0.1, 0.15) is 11.8 Å². The monoisotopic (exact) mass is 702 g/mol. The van der Waals surface area contributed by atoms with Gasteiger partial charge in [0, 0.05) is 17.6 Å². The van der Waals surface area contributed by atoms with Gasteiger partial charge in [-0.3, -0.25) is 0 Å².